The fraction of sp³-hybridized carbons (Fsp3) is 0.211. The van der Waals surface area contributed by atoms with Crippen LogP contribution in [0.5, 0.6) is 0 Å². The second-order valence-electron chi connectivity index (χ2n) is 19.5. The van der Waals surface area contributed by atoms with E-state index in [4.69, 9.17) is 0 Å². The third-order valence-corrected chi connectivity index (χ3v) is 14.1. The molecule has 0 radical (unpaired) electrons. The Labute approximate surface area is 451 Å². The largest absolute Gasteiger partial charge is 0.381 e. The maximum Gasteiger partial charge on any atom is 0.0745 e. The molecule has 0 spiro atoms. The summed E-state index contributed by atoms with van der Waals surface area (Å²) in [5.41, 5.74) is 17.6. The van der Waals surface area contributed by atoms with Gasteiger partial charge in [-0.15, -0.1) is 0 Å². The van der Waals surface area contributed by atoms with Crippen LogP contribution in [0.1, 0.15) is 97.3 Å². The Kier molecular flexibility index (Phi) is 20.9. The molecule has 1 aliphatic rings. The summed E-state index contributed by atoms with van der Waals surface area (Å²) in [5.74, 6) is 0.196. The maximum atomic E-state index is 4.48. The number of rotatable bonds is 23. The molecule has 3 unspecified atom stereocenters. The predicted molar refractivity (Wildman–Crippen MR) is 331 cm³/mol. The molecule has 1 aliphatic carbocycles. The van der Waals surface area contributed by atoms with Crippen LogP contribution in [0.15, 0.2) is 259 Å². The molecule has 4 nitrogen and oxygen atoms in total. The highest BCUT2D eigenvalue weighted by Gasteiger charge is 2.26. The van der Waals surface area contributed by atoms with Gasteiger partial charge in [0.25, 0.3) is 0 Å². The third kappa shape index (κ3) is 15.0. The van der Waals surface area contributed by atoms with E-state index in [1.165, 1.54) is 50.2 Å². The number of benzene rings is 4. The van der Waals surface area contributed by atoms with E-state index in [1.807, 2.05) is 13.0 Å². The Morgan fingerprint density at radius 1 is 0.747 bits per heavy atom. The lowest BCUT2D eigenvalue weighted by atomic mass is 9.90. The Balaban J connectivity index is 1.39. The first-order valence-corrected chi connectivity index (χ1v) is 26.5. The smallest absolute Gasteiger partial charge is 0.0745 e. The van der Waals surface area contributed by atoms with Crippen LogP contribution in [0.3, 0.4) is 0 Å². The molecule has 6 rings (SSSR count). The summed E-state index contributed by atoms with van der Waals surface area (Å²) >= 11 is 0. The molecule has 4 heteroatoms. The van der Waals surface area contributed by atoms with Crippen molar-refractivity contribution >= 4 is 29.6 Å². The van der Waals surface area contributed by atoms with Crippen LogP contribution in [-0.4, -0.2) is 16.7 Å². The number of nitrogens with zero attached hydrogens (tertiary/aromatic N) is 2. The number of nitrogens with one attached hydrogen (secondary N) is 2. The molecule has 0 fully saturated rings. The van der Waals surface area contributed by atoms with Crippen LogP contribution in [0.4, 0.5) is 11.4 Å². The summed E-state index contributed by atoms with van der Waals surface area (Å²) in [6, 6.07) is 38.8. The molecule has 75 heavy (non-hydrogen) atoms. The molecule has 0 bridgehead atoms. The van der Waals surface area contributed by atoms with E-state index in [0.29, 0.717) is 0 Å². The van der Waals surface area contributed by atoms with E-state index >= 15 is 0 Å². The lowest BCUT2D eigenvalue weighted by Crippen LogP contribution is -2.34. The molecule has 1 heterocycles. The van der Waals surface area contributed by atoms with Crippen molar-refractivity contribution in [3.05, 3.63) is 282 Å². The minimum absolute atomic E-state index is 0.183. The molecule has 3 atom stereocenters. The molecule has 384 valence electrons. The van der Waals surface area contributed by atoms with E-state index in [0.717, 1.165) is 52.6 Å². The van der Waals surface area contributed by atoms with Gasteiger partial charge in [0.2, 0.25) is 0 Å². The van der Waals surface area contributed by atoms with E-state index in [2.05, 4.69) is 320 Å². The average molecular weight is 989 g/mol. The highest BCUT2D eigenvalue weighted by Crippen LogP contribution is 2.36. The van der Waals surface area contributed by atoms with E-state index in [-0.39, 0.29) is 12.0 Å². The van der Waals surface area contributed by atoms with Crippen LogP contribution >= 0.6 is 0 Å². The fourth-order valence-electron chi connectivity index (χ4n) is 9.23. The topological polar surface area (TPSA) is 32.2 Å². The normalized spacial score (nSPS) is 16.2. The van der Waals surface area contributed by atoms with E-state index < -0.39 is 5.54 Å². The van der Waals surface area contributed by atoms with Crippen LogP contribution in [-0.2, 0) is 0 Å². The fourth-order valence-corrected chi connectivity index (χ4v) is 9.23. The summed E-state index contributed by atoms with van der Waals surface area (Å²) < 4.78 is 2.45. The van der Waals surface area contributed by atoms with Crippen molar-refractivity contribution in [3.8, 4) is 22.3 Å². The highest BCUT2D eigenvalue weighted by molar-refractivity contribution is 5.74. The van der Waals surface area contributed by atoms with Crippen LogP contribution in [0, 0.1) is 12.8 Å². The van der Waals surface area contributed by atoms with Gasteiger partial charge in [0, 0.05) is 58.4 Å². The van der Waals surface area contributed by atoms with Crippen LogP contribution in [0.25, 0.3) is 40.5 Å². The van der Waals surface area contributed by atoms with Gasteiger partial charge >= 0.3 is 0 Å². The van der Waals surface area contributed by atoms with Gasteiger partial charge in [-0.3, -0.25) is 0 Å². The third-order valence-electron chi connectivity index (χ3n) is 14.1. The molecule has 2 N–H and O–H groups in total. The molecule has 0 saturated carbocycles. The SMILES string of the molecule is C=Cc1c(/C=C\C)c(C)c(/C=C\C(C)(Nc2cccc(-c3ccccc3)c2)/C(C)=C/C=C(C)/C(C)=C/C=C(\C)N(/C=C/C=C(/NC/C=C\C)C(=C)C(C)/C=C\C)c2cccc(-c3ccccc3)c2)n1C1C=CC=CC1. The first-order valence-electron chi connectivity index (χ1n) is 26.5. The van der Waals surface area contributed by atoms with Crippen molar-refractivity contribution in [2.75, 3.05) is 16.8 Å². The number of allylic oxidation sites excluding steroid dienone is 18. The summed E-state index contributed by atoms with van der Waals surface area (Å²) in [6.07, 6.45) is 44.6. The lowest BCUT2D eigenvalue weighted by Gasteiger charge is -2.31. The number of hydrogen-bond donors (Lipinski definition) is 2. The van der Waals surface area contributed by atoms with Gasteiger partial charge in [-0.25, -0.2) is 0 Å². The molecule has 1 aromatic heterocycles. The van der Waals surface area contributed by atoms with Crippen LogP contribution in [0.2, 0.25) is 0 Å². The first-order chi connectivity index (χ1) is 36.3. The molecule has 0 saturated heterocycles. The zero-order valence-electron chi connectivity index (χ0n) is 46.3. The van der Waals surface area contributed by atoms with Gasteiger partial charge in [-0.05, 0) is 173 Å². The second-order valence-corrected chi connectivity index (χ2v) is 19.5. The van der Waals surface area contributed by atoms with Crippen molar-refractivity contribution in [1.82, 2.24) is 9.88 Å². The molecular formula is C71H80N4. The molecule has 0 amide bonds. The van der Waals surface area contributed by atoms with Gasteiger partial charge in [0.15, 0.2) is 0 Å². The Morgan fingerprint density at radius 3 is 2.03 bits per heavy atom. The zero-order chi connectivity index (χ0) is 53.7. The monoisotopic (exact) mass is 989 g/mol. The van der Waals surface area contributed by atoms with Crippen molar-refractivity contribution in [3.63, 3.8) is 0 Å². The maximum absolute atomic E-state index is 4.48. The number of hydrogen-bond acceptors (Lipinski definition) is 3. The van der Waals surface area contributed by atoms with E-state index in [9.17, 15) is 0 Å². The summed E-state index contributed by atoms with van der Waals surface area (Å²) in [4.78, 5) is 2.26. The van der Waals surface area contributed by atoms with Gasteiger partial charge in [0.1, 0.15) is 0 Å². The van der Waals surface area contributed by atoms with Crippen molar-refractivity contribution < 1.29 is 0 Å². The quantitative estimate of drug-likeness (QED) is 0.0505. The van der Waals surface area contributed by atoms with Gasteiger partial charge in [-0.1, -0.05) is 190 Å². The number of aromatic nitrogens is 1. The average Bonchev–Trinajstić information content (AvgIpc) is 3.71. The second kappa shape index (κ2) is 27.8. The van der Waals surface area contributed by atoms with Gasteiger partial charge in [-0.2, -0.15) is 0 Å². The van der Waals surface area contributed by atoms with Crippen molar-refractivity contribution in [2.24, 2.45) is 5.92 Å². The summed E-state index contributed by atoms with van der Waals surface area (Å²) in [7, 11) is 0. The highest BCUT2D eigenvalue weighted by atomic mass is 15.1. The molecular weight excluding hydrogens is 909 g/mol. The first kappa shape index (κ1) is 56.2. The lowest BCUT2D eigenvalue weighted by molar-refractivity contribution is 0.601. The summed E-state index contributed by atoms with van der Waals surface area (Å²) in [6.45, 7) is 31.1. The van der Waals surface area contributed by atoms with Crippen molar-refractivity contribution in [2.45, 2.75) is 87.2 Å². The Bertz CT molecular complexity index is 3130. The van der Waals surface area contributed by atoms with Gasteiger partial charge in [0.05, 0.1) is 11.6 Å². The molecule has 0 aliphatic heterocycles. The number of anilines is 2. The molecule has 5 aromatic rings. The van der Waals surface area contributed by atoms with Gasteiger partial charge < -0.3 is 20.1 Å². The minimum Gasteiger partial charge on any atom is -0.381 e. The Morgan fingerprint density at radius 2 is 1.40 bits per heavy atom. The standard InChI is InChI=1S/C71H80N4/c1-13-17-49-72-68(58(10)55(7)30-14-2)42-29-50-74(66-41-28-37-63(52-66)61-34-23-19-24-35-61)57(9)46-44-54(6)53(5)43-45-56(8)71(12,73-64-38-27-36-62(51-64)60-32-21-18-22-33-60)48-47-70-59(11)67(31-15-3)69(16-4)75(70)65-39-25-20-26-40-65/h13-39,41-48,50-52,55,65,72-73H,4,10,40,49H2,1-3,5-9,11-12H3/b17-13-,30-14-,31-15-,48-47-,50-29+,53-43+,54-44+,56-45+,57-46+,68-42+. The zero-order valence-corrected chi connectivity index (χ0v) is 46.3. The van der Waals surface area contributed by atoms with Crippen molar-refractivity contribution in [1.29, 1.82) is 0 Å². The van der Waals surface area contributed by atoms with Crippen LogP contribution < -0.4 is 15.5 Å². The Hall–Kier alpha value is -8.08. The summed E-state index contributed by atoms with van der Waals surface area (Å²) in [5, 5.41) is 7.59. The predicted octanol–water partition coefficient (Wildman–Crippen LogP) is 19.3. The van der Waals surface area contributed by atoms with E-state index in [1.54, 1.807) is 0 Å². The molecule has 4 aromatic carbocycles. The minimum atomic E-state index is -0.575.